The van der Waals surface area contributed by atoms with Crippen LogP contribution >= 0.6 is 0 Å². The van der Waals surface area contributed by atoms with Crippen LogP contribution < -0.4 is 0 Å². The Kier molecular flexibility index (Phi) is 37.0. The van der Waals surface area contributed by atoms with Crippen LogP contribution in [0.15, 0.2) is 0 Å². The molecule has 8 heteroatoms. The second-order valence-electron chi connectivity index (χ2n) is 17.5. The summed E-state index contributed by atoms with van der Waals surface area (Å²) < 4.78 is 11.5. The van der Waals surface area contributed by atoms with Gasteiger partial charge in [0.2, 0.25) is 0 Å². The summed E-state index contributed by atoms with van der Waals surface area (Å²) in [7, 11) is 1.89. The van der Waals surface area contributed by atoms with Gasteiger partial charge in [-0.2, -0.15) is 0 Å². The van der Waals surface area contributed by atoms with Crippen LogP contribution in [0.2, 0.25) is 0 Å². The first kappa shape index (κ1) is 53.2. The molecular weight excluding hydrogens is 711 g/mol. The number of esters is 2. The van der Waals surface area contributed by atoms with Gasteiger partial charge in [0.1, 0.15) is 6.10 Å². The molecule has 1 aliphatic heterocycles. The second-order valence-corrected chi connectivity index (χ2v) is 17.5. The van der Waals surface area contributed by atoms with Crippen LogP contribution in [0.3, 0.4) is 0 Å². The van der Waals surface area contributed by atoms with Gasteiger partial charge in [0.15, 0.2) is 0 Å². The maximum Gasteiger partial charge on any atom is 0.319 e. The highest BCUT2D eigenvalue weighted by Crippen LogP contribution is 2.19. The van der Waals surface area contributed by atoms with Crippen molar-refractivity contribution in [2.24, 2.45) is 0 Å². The molecule has 336 valence electrons. The summed E-state index contributed by atoms with van der Waals surface area (Å²) in [6, 6.07) is 0.165. The Morgan fingerprint density at radius 1 is 0.526 bits per heavy atom. The van der Waals surface area contributed by atoms with E-state index in [9.17, 15) is 14.4 Å². The Hall–Kier alpha value is -1.83. The summed E-state index contributed by atoms with van der Waals surface area (Å²) in [5.74, 6) is -0.00873. The van der Waals surface area contributed by atoms with Crippen molar-refractivity contribution in [3.8, 4) is 0 Å². The lowest BCUT2D eigenvalue weighted by Crippen LogP contribution is -2.33. The standard InChI is InChI=1S/C49H95N3O5/c1-5-8-11-14-17-26-33-45-56-47(53)37-29-22-18-24-31-39-51(41-34-42-52-44-43-50(4)49(52)55)40-32-25-19-23-30-38-48(54)57-46(35-27-20-15-12-9-6-2)36-28-21-16-13-10-7-3/h46H,5-45H2,1-4H3. The summed E-state index contributed by atoms with van der Waals surface area (Å²) in [5, 5.41) is 0. The molecule has 2 amide bonds. The van der Waals surface area contributed by atoms with Gasteiger partial charge in [0.25, 0.3) is 0 Å². The molecule has 0 aromatic carbocycles. The largest absolute Gasteiger partial charge is 0.466 e. The highest BCUT2D eigenvalue weighted by molar-refractivity contribution is 5.76. The van der Waals surface area contributed by atoms with Crippen LogP contribution in [-0.4, -0.2) is 91.7 Å². The average Bonchev–Trinajstić information content (AvgIpc) is 3.52. The average molecular weight is 806 g/mol. The number of ether oxygens (including phenoxy) is 2. The first-order chi connectivity index (χ1) is 27.9. The van der Waals surface area contributed by atoms with Crippen molar-refractivity contribution in [3.63, 3.8) is 0 Å². The van der Waals surface area contributed by atoms with Crippen molar-refractivity contribution < 1.29 is 23.9 Å². The maximum atomic E-state index is 12.8. The molecule has 0 spiro atoms. The molecule has 0 bridgehead atoms. The first-order valence-electron chi connectivity index (χ1n) is 25.0. The molecule has 0 aromatic heterocycles. The van der Waals surface area contributed by atoms with Crippen molar-refractivity contribution >= 4 is 18.0 Å². The van der Waals surface area contributed by atoms with Crippen molar-refractivity contribution in [2.75, 3.05) is 52.9 Å². The molecule has 0 aromatic rings. The number of likely N-dealkylation sites (N-methyl/N-ethyl adjacent to an activating group) is 1. The number of nitrogens with zero attached hydrogens (tertiary/aromatic N) is 3. The second kappa shape index (κ2) is 39.6. The Bertz CT molecular complexity index is 917. The monoisotopic (exact) mass is 806 g/mol. The van der Waals surface area contributed by atoms with E-state index in [2.05, 4.69) is 25.7 Å². The number of urea groups is 1. The minimum Gasteiger partial charge on any atom is -0.466 e. The fraction of sp³-hybridized carbons (Fsp3) is 0.939. The molecule has 0 unspecified atom stereocenters. The molecule has 1 heterocycles. The van der Waals surface area contributed by atoms with Gasteiger partial charge in [-0.1, -0.05) is 162 Å². The van der Waals surface area contributed by atoms with E-state index in [1.807, 2.05) is 16.8 Å². The molecule has 0 aliphatic carbocycles. The van der Waals surface area contributed by atoms with Crippen molar-refractivity contribution in [1.82, 2.24) is 14.7 Å². The van der Waals surface area contributed by atoms with Gasteiger partial charge < -0.3 is 24.2 Å². The zero-order chi connectivity index (χ0) is 41.4. The SMILES string of the molecule is CCCCCCCCCOC(=O)CCCCCCCN(CCCCCCCC(=O)OC(CCCCCCCC)CCCCCCCC)CCCN1CCN(C)C1=O. The van der Waals surface area contributed by atoms with Crippen LogP contribution in [0.4, 0.5) is 4.79 Å². The van der Waals surface area contributed by atoms with Gasteiger partial charge >= 0.3 is 18.0 Å². The molecule has 0 atom stereocenters. The maximum absolute atomic E-state index is 12.8. The van der Waals surface area contributed by atoms with Crippen molar-refractivity contribution in [3.05, 3.63) is 0 Å². The zero-order valence-corrected chi connectivity index (χ0v) is 38.5. The van der Waals surface area contributed by atoms with Gasteiger partial charge in [-0.05, 0) is 83.8 Å². The van der Waals surface area contributed by atoms with Crippen LogP contribution in [-0.2, 0) is 19.1 Å². The van der Waals surface area contributed by atoms with Crippen molar-refractivity contribution in [1.29, 1.82) is 0 Å². The summed E-state index contributed by atoms with van der Waals surface area (Å²) in [5.41, 5.74) is 0. The van der Waals surface area contributed by atoms with E-state index in [1.54, 1.807) is 0 Å². The normalized spacial score (nSPS) is 13.1. The van der Waals surface area contributed by atoms with E-state index >= 15 is 0 Å². The zero-order valence-electron chi connectivity index (χ0n) is 38.5. The van der Waals surface area contributed by atoms with E-state index in [4.69, 9.17) is 9.47 Å². The lowest BCUT2D eigenvalue weighted by atomic mass is 10.0. The Labute approximate surface area is 353 Å². The summed E-state index contributed by atoms with van der Waals surface area (Å²) in [6.45, 7) is 13.1. The summed E-state index contributed by atoms with van der Waals surface area (Å²) in [6.07, 6.45) is 39.4. The van der Waals surface area contributed by atoms with Gasteiger partial charge in [-0.3, -0.25) is 9.59 Å². The molecule has 1 fully saturated rings. The Balaban J connectivity index is 2.30. The third kappa shape index (κ3) is 32.7. The molecule has 8 nitrogen and oxygen atoms in total. The molecule has 1 saturated heterocycles. The quantitative estimate of drug-likeness (QED) is 0.0451. The topological polar surface area (TPSA) is 79.4 Å². The number of hydrogen-bond acceptors (Lipinski definition) is 6. The van der Waals surface area contributed by atoms with Gasteiger partial charge in [0.05, 0.1) is 6.61 Å². The number of carbonyl (C=O) groups is 3. The molecule has 0 N–H and O–H groups in total. The Morgan fingerprint density at radius 2 is 0.947 bits per heavy atom. The first-order valence-corrected chi connectivity index (χ1v) is 25.0. The highest BCUT2D eigenvalue weighted by Gasteiger charge is 2.24. The number of rotatable bonds is 43. The fourth-order valence-electron chi connectivity index (χ4n) is 8.13. The Morgan fingerprint density at radius 3 is 1.44 bits per heavy atom. The smallest absolute Gasteiger partial charge is 0.319 e. The fourth-order valence-corrected chi connectivity index (χ4v) is 8.13. The number of amides is 2. The van der Waals surface area contributed by atoms with E-state index in [0.717, 1.165) is 103 Å². The third-order valence-electron chi connectivity index (χ3n) is 12.0. The summed E-state index contributed by atoms with van der Waals surface area (Å²) >= 11 is 0. The van der Waals surface area contributed by atoms with Crippen LogP contribution in [0.1, 0.15) is 239 Å². The molecule has 57 heavy (non-hydrogen) atoms. The van der Waals surface area contributed by atoms with Gasteiger partial charge in [0, 0.05) is 39.5 Å². The van der Waals surface area contributed by atoms with Gasteiger partial charge in [-0.15, -0.1) is 0 Å². The predicted molar refractivity (Wildman–Crippen MR) is 241 cm³/mol. The van der Waals surface area contributed by atoms with E-state index in [0.29, 0.717) is 19.4 Å². The molecule has 1 rings (SSSR count). The van der Waals surface area contributed by atoms with Gasteiger partial charge in [-0.25, -0.2) is 4.79 Å². The summed E-state index contributed by atoms with van der Waals surface area (Å²) in [4.78, 5) is 43.8. The van der Waals surface area contributed by atoms with Crippen LogP contribution in [0, 0.1) is 0 Å². The number of unbranched alkanes of at least 4 members (excludes halogenated alkanes) is 24. The lowest BCUT2D eigenvalue weighted by molar-refractivity contribution is -0.150. The van der Waals surface area contributed by atoms with Crippen molar-refractivity contribution in [2.45, 2.75) is 245 Å². The van der Waals surface area contributed by atoms with E-state index in [1.165, 1.54) is 141 Å². The van der Waals surface area contributed by atoms with E-state index < -0.39 is 0 Å². The molecule has 0 radical (unpaired) electrons. The lowest BCUT2D eigenvalue weighted by Gasteiger charge is -2.24. The molecule has 1 aliphatic rings. The minimum atomic E-state index is -0.0268. The predicted octanol–water partition coefficient (Wildman–Crippen LogP) is 13.4. The third-order valence-corrected chi connectivity index (χ3v) is 12.0. The van der Waals surface area contributed by atoms with E-state index in [-0.39, 0.29) is 24.1 Å². The van der Waals surface area contributed by atoms with Crippen LogP contribution in [0.25, 0.3) is 0 Å². The molecule has 0 saturated carbocycles. The number of carbonyl (C=O) groups excluding carboxylic acids is 3. The highest BCUT2D eigenvalue weighted by atomic mass is 16.5. The number of hydrogen-bond donors (Lipinski definition) is 0. The molecular formula is C49H95N3O5. The minimum absolute atomic E-state index is 0.0181. The van der Waals surface area contributed by atoms with Crippen LogP contribution in [0.5, 0.6) is 0 Å².